The maximum Gasteiger partial charge on any atom is 0.573 e. The Labute approximate surface area is 200 Å². The number of para-hydroxylation sites is 1. The second-order valence-electron chi connectivity index (χ2n) is 8.60. The van der Waals surface area contributed by atoms with Crippen molar-refractivity contribution in [3.8, 4) is 5.75 Å². The Morgan fingerprint density at radius 1 is 1.11 bits per heavy atom. The molecule has 13 heteroatoms. The third kappa shape index (κ3) is 4.32. The van der Waals surface area contributed by atoms with Crippen molar-refractivity contribution in [2.24, 2.45) is 5.92 Å². The number of alkyl halides is 3. The van der Waals surface area contributed by atoms with Crippen LogP contribution >= 0.6 is 0 Å². The molecule has 2 aliphatic rings. The molecule has 2 heterocycles. The fourth-order valence-corrected chi connectivity index (χ4v) is 4.69. The number of aromatic nitrogens is 2. The Hall–Kier alpha value is -4.16. The predicted octanol–water partition coefficient (Wildman–Crippen LogP) is 3.40. The van der Waals surface area contributed by atoms with Crippen LogP contribution < -0.4 is 10.1 Å². The molecule has 2 N–H and O–H groups in total. The van der Waals surface area contributed by atoms with Crippen molar-refractivity contribution in [1.29, 1.82) is 0 Å². The largest absolute Gasteiger partial charge is 0.573 e. The molecule has 1 aliphatic carbocycles. The molecule has 1 saturated carbocycles. The highest BCUT2D eigenvalue weighted by Gasteiger charge is 2.56. The first kappa shape index (κ1) is 23.6. The molecule has 2 fully saturated rings. The smallest absolute Gasteiger partial charge is 0.476 e. The molecule has 188 valence electrons. The summed E-state index contributed by atoms with van der Waals surface area (Å²) in [5, 5.41) is 16.1. The number of carboxylic acid groups (broad SMARTS) is 1. The number of nitrogens with one attached hydrogen (secondary N) is 1. The minimum absolute atomic E-state index is 0.0680. The quantitative estimate of drug-likeness (QED) is 0.496. The summed E-state index contributed by atoms with van der Waals surface area (Å²) < 4.78 is 56.9. The number of ether oxygens (including phenoxy) is 1. The maximum atomic E-state index is 14.5. The van der Waals surface area contributed by atoms with Gasteiger partial charge in [-0.25, -0.2) is 9.18 Å². The second-order valence-corrected chi connectivity index (χ2v) is 8.60. The zero-order valence-electron chi connectivity index (χ0n) is 18.3. The van der Waals surface area contributed by atoms with Gasteiger partial charge in [-0.15, -0.1) is 13.2 Å². The summed E-state index contributed by atoms with van der Waals surface area (Å²) in [7, 11) is 0. The molecule has 36 heavy (non-hydrogen) atoms. The van der Waals surface area contributed by atoms with Gasteiger partial charge in [-0.2, -0.15) is 5.10 Å². The predicted molar refractivity (Wildman–Crippen MR) is 116 cm³/mol. The Kier molecular flexibility index (Phi) is 5.57. The van der Waals surface area contributed by atoms with E-state index >= 15 is 0 Å². The van der Waals surface area contributed by atoms with Crippen LogP contribution in [0, 0.1) is 11.7 Å². The number of hydrogen-bond acceptors (Lipinski definition) is 5. The maximum absolute atomic E-state index is 14.5. The van der Waals surface area contributed by atoms with Gasteiger partial charge >= 0.3 is 12.3 Å². The van der Waals surface area contributed by atoms with E-state index in [-0.39, 0.29) is 24.2 Å². The molecule has 3 aromatic rings. The summed E-state index contributed by atoms with van der Waals surface area (Å²) in [5.41, 5.74) is -0.298. The monoisotopic (exact) mass is 506 g/mol. The molecular weight excluding hydrogens is 488 g/mol. The number of rotatable bonds is 6. The van der Waals surface area contributed by atoms with Gasteiger partial charge in [-0.3, -0.25) is 14.3 Å². The van der Waals surface area contributed by atoms with Gasteiger partial charge < -0.3 is 20.1 Å². The van der Waals surface area contributed by atoms with Crippen LogP contribution in [-0.4, -0.2) is 56.0 Å². The number of benzene rings is 2. The highest BCUT2D eigenvalue weighted by molar-refractivity contribution is 6.02. The first-order chi connectivity index (χ1) is 17.0. The molecule has 0 unspecified atom stereocenters. The molecule has 1 aromatic heterocycles. The van der Waals surface area contributed by atoms with Crippen molar-refractivity contribution in [2.45, 2.75) is 37.8 Å². The van der Waals surface area contributed by atoms with Crippen molar-refractivity contribution in [3.05, 3.63) is 54.0 Å². The zero-order chi connectivity index (χ0) is 25.8. The van der Waals surface area contributed by atoms with E-state index in [4.69, 9.17) is 0 Å². The molecule has 0 bridgehead atoms. The van der Waals surface area contributed by atoms with Crippen LogP contribution in [0.2, 0.25) is 0 Å². The second kappa shape index (κ2) is 8.50. The number of piperidine rings is 1. The molecule has 2 amide bonds. The third-order valence-corrected chi connectivity index (χ3v) is 6.29. The SMILES string of the molecule is O=C(O)c1nn(CC(=O)N2[C@@H]3C[C@@H]3C[C@H]2C(=O)Nc2cccc(OC(F)(F)F)c2F)c2ccccc12. The van der Waals surface area contributed by atoms with E-state index in [1.54, 1.807) is 24.3 Å². The number of carbonyl (C=O) groups is 3. The average Bonchev–Trinajstić information content (AvgIpc) is 3.31. The van der Waals surface area contributed by atoms with Gasteiger partial charge in [-0.05, 0) is 37.0 Å². The van der Waals surface area contributed by atoms with Gasteiger partial charge in [0.25, 0.3) is 0 Å². The molecule has 0 spiro atoms. The first-order valence-corrected chi connectivity index (χ1v) is 10.9. The van der Waals surface area contributed by atoms with Crippen LogP contribution in [0.25, 0.3) is 10.9 Å². The van der Waals surface area contributed by atoms with Crippen LogP contribution in [-0.2, 0) is 16.1 Å². The van der Waals surface area contributed by atoms with E-state index in [2.05, 4.69) is 15.2 Å². The molecule has 1 saturated heterocycles. The highest BCUT2D eigenvalue weighted by Crippen LogP contribution is 2.48. The van der Waals surface area contributed by atoms with Crippen molar-refractivity contribution in [3.63, 3.8) is 0 Å². The van der Waals surface area contributed by atoms with Crippen LogP contribution in [0.3, 0.4) is 0 Å². The molecule has 9 nitrogen and oxygen atoms in total. The van der Waals surface area contributed by atoms with Crippen LogP contribution in [0.5, 0.6) is 5.75 Å². The number of likely N-dealkylation sites (tertiary alicyclic amines) is 1. The van der Waals surface area contributed by atoms with Gasteiger partial charge in [0.05, 0.1) is 11.2 Å². The fourth-order valence-electron chi connectivity index (χ4n) is 4.69. The van der Waals surface area contributed by atoms with E-state index in [0.29, 0.717) is 23.7 Å². The lowest BCUT2D eigenvalue weighted by atomic mass is 10.1. The topological polar surface area (TPSA) is 114 Å². The molecule has 0 radical (unpaired) electrons. The number of halogens is 4. The van der Waals surface area contributed by atoms with Crippen LogP contribution in [0.15, 0.2) is 42.5 Å². The van der Waals surface area contributed by atoms with E-state index in [1.165, 1.54) is 9.58 Å². The summed E-state index contributed by atoms with van der Waals surface area (Å²) in [6.07, 6.45) is -4.13. The number of hydrogen-bond donors (Lipinski definition) is 2. The number of nitrogens with zero attached hydrogens (tertiary/aromatic N) is 3. The summed E-state index contributed by atoms with van der Waals surface area (Å²) >= 11 is 0. The summed E-state index contributed by atoms with van der Waals surface area (Å²) in [6, 6.07) is 8.28. The number of carbonyl (C=O) groups excluding carboxylic acids is 2. The first-order valence-electron chi connectivity index (χ1n) is 10.9. The van der Waals surface area contributed by atoms with Crippen LogP contribution in [0.1, 0.15) is 23.3 Å². The molecular formula is C23H18F4N4O5. The Morgan fingerprint density at radius 2 is 1.86 bits per heavy atom. The van der Waals surface area contributed by atoms with Crippen molar-refractivity contribution in [2.75, 3.05) is 5.32 Å². The number of fused-ring (bicyclic) bond motifs is 2. The minimum atomic E-state index is -5.11. The van der Waals surface area contributed by atoms with E-state index < -0.39 is 47.4 Å². The van der Waals surface area contributed by atoms with Gasteiger partial charge in [0.1, 0.15) is 12.6 Å². The lowest BCUT2D eigenvalue weighted by Gasteiger charge is -2.27. The van der Waals surface area contributed by atoms with Crippen molar-refractivity contribution < 1.29 is 41.8 Å². The standard InChI is InChI=1S/C23H18F4N4O5/c24-19-13(5-3-7-17(19)36-23(25,26)27)28-21(33)16-9-11-8-15(11)31(16)18(32)10-30-14-6-2-1-4-12(14)20(29-30)22(34)35/h1-7,11,15-16H,8-10H2,(H,28,33)(H,34,35)/t11-,15-,16+/m1/s1. The van der Waals surface area contributed by atoms with Gasteiger partial charge in [0, 0.05) is 11.4 Å². The number of amides is 2. The van der Waals surface area contributed by atoms with Gasteiger partial charge in [0.2, 0.25) is 11.8 Å². The normalized spacial score (nSPS) is 20.8. The Morgan fingerprint density at radius 3 is 2.58 bits per heavy atom. The van der Waals surface area contributed by atoms with E-state index in [9.17, 15) is 37.1 Å². The Bertz CT molecular complexity index is 1390. The van der Waals surface area contributed by atoms with Gasteiger partial charge in [0.15, 0.2) is 17.3 Å². The Balaban J connectivity index is 1.35. The fraction of sp³-hybridized carbons (Fsp3) is 0.304. The minimum Gasteiger partial charge on any atom is -0.476 e. The number of aromatic carboxylic acids is 1. The number of carboxylic acids is 1. The molecule has 1 aliphatic heterocycles. The molecule has 3 atom stereocenters. The number of anilines is 1. The van der Waals surface area contributed by atoms with Crippen molar-refractivity contribution >= 4 is 34.4 Å². The van der Waals surface area contributed by atoms with Crippen molar-refractivity contribution in [1.82, 2.24) is 14.7 Å². The summed E-state index contributed by atoms with van der Waals surface area (Å²) in [6.45, 7) is -0.329. The third-order valence-electron chi connectivity index (χ3n) is 6.29. The lowest BCUT2D eigenvalue weighted by molar-refractivity contribution is -0.275. The lowest BCUT2D eigenvalue weighted by Crippen LogP contribution is -2.46. The molecule has 5 rings (SSSR count). The van der Waals surface area contributed by atoms with Gasteiger partial charge in [-0.1, -0.05) is 24.3 Å². The average molecular weight is 506 g/mol. The van der Waals surface area contributed by atoms with E-state index in [0.717, 1.165) is 18.2 Å². The van der Waals surface area contributed by atoms with Crippen LogP contribution in [0.4, 0.5) is 23.2 Å². The molecule has 2 aromatic carbocycles. The van der Waals surface area contributed by atoms with E-state index in [1.807, 2.05) is 0 Å². The highest BCUT2D eigenvalue weighted by atomic mass is 19.4. The summed E-state index contributed by atoms with van der Waals surface area (Å²) in [4.78, 5) is 39.1. The summed E-state index contributed by atoms with van der Waals surface area (Å²) in [5.74, 6) is -4.92. The zero-order valence-corrected chi connectivity index (χ0v) is 18.3.